The van der Waals surface area contributed by atoms with Gasteiger partial charge in [-0.25, -0.2) is 13.1 Å². The molecule has 0 saturated heterocycles. The second-order valence-electron chi connectivity index (χ2n) is 6.11. The molecular weight excluding hydrogens is 338 g/mol. The summed E-state index contributed by atoms with van der Waals surface area (Å²) in [5, 5.41) is 8.85. The number of carbonyl (C=O) groups is 1. The maximum Gasteiger partial charge on any atom is 0.265 e. The number of carbonyl (C=O) groups excluding carboxylic acids is 1. The van der Waals surface area contributed by atoms with Gasteiger partial charge in [0.05, 0.1) is 5.56 Å². The van der Waals surface area contributed by atoms with E-state index >= 15 is 0 Å². The fourth-order valence-corrected chi connectivity index (χ4v) is 4.18. The standard InChI is InChI=1S/C18H17N3O3S/c19-10-13-8-17(12-20-11-13)25(23,24)21-18(22)16-7-6-15(9-16)14-4-2-1-3-5-14/h1-5,8,11-12,15-16H,6-7,9H2,(H,21,22)/t15-,16-/m1/s1. The molecule has 2 atom stereocenters. The number of pyridine rings is 1. The molecule has 1 aliphatic rings. The molecule has 0 unspecified atom stereocenters. The monoisotopic (exact) mass is 355 g/mol. The van der Waals surface area contributed by atoms with E-state index in [9.17, 15) is 13.2 Å². The number of nitrogens with zero attached hydrogens (tertiary/aromatic N) is 2. The van der Waals surface area contributed by atoms with Crippen molar-refractivity contribution >= 4 is 15.9 Å². The average Bonchev–Trinajstić information content (AvgIpc) is 3.12. The van der Waals surface area contributed by atoms with Crippen molar-refractivity contribution in [1.29, 1.82) is 5.26 Å². The second-order valence-corrected chi connectivity index (χ2v) is 7.79. The van der Waals surface area contributed by atoms with E-state index in [4.69, 9.17) is 5.26 Å². The molecule has 1 aromatic heterocycles. The molecule has 1 aliphatic carbocycles. The Morgan fingerprint density at radius 2 is 1.96 bits per heavy atom. The number of nitrogens with one attached hydrogen (secondary N) is 1. The van der Waals surface area contributed by atoms with Crippen molar-refractivity contribution in [1.82, 2.24) is 9.71 Å². The van der Waals surface area contributed by atoms with Gasteiger partial charge < -0.3 is 0 Å². The number of benzene rings is 1. The molecule has 6 nitrogen and oxygen atoms in total. The number of amides is 1. The minimum absolute atomic E-state index is 0.125. The normalized spacial score (nSPS) is 20.0. The summed E-state index contributed by atoms with van der Waals surface area (Å²) in [4.78, 5) is 15.9. The lowest BCUT2D eigenvalue weighted by Gasteiger charge is -2.12. The average molecular weight is 355 g/mol. The Morgan fingerprint density at radius 1 is 1.20 bits per heavy atom. The second kappa shape index (κ2) is 7.03. The molecule has 0 aliphatic heterocycles. The van der Waals surface area contributed by atoms with Crippen LogP contribution in [0.3, 0.4) is 0 Å². The molecule has 0 radical (unpaired) electrons. The van der Waals surface area contributed by atoms with Gasteiger partial charge >= 0.3 is 0 Å². The third-order valence-electron chi connectivity index (χ3n) is 4.46. The lowest BCUT2D eigenvalue weighted by atomic mass is 9.96. The van der Waals surface area contributed by atoms with Gasteiger partial charge in [-0.05, 0) is 36.8 Å². The summed E-state index contributed by atoms with van der Waals surface area (Å²) >= 11 is 0. The Kier molecular flexibility index (Phi) is 4.81. The van der Waals surface area contributed by atoms with E-state index in [-0.39, 0.29) is 22.3 Å². The molecule has 1 N–H and O–H groups in total. The molecule has 1 saturated carbocycles. The van der Waals surface area contributed by atoms with Gasteiger partial charge in [-0.2, -0.15) is 5.26 Å². The zero-order chi connectivity index (χ0) is 17.9. The largest absolute Gasteiger partial charge is 0.274 e. The van der Waals surface area contributed by atoms with Crippen molar-refractivity contribution in [3.8, 4) is 6.07 Å². The highest BCUT2D eigenvalue weighted by Crippen LogP contribution is 2.38. The number of hydrogen-bond acceptors (Lipinski definition) is 5. The van der Waals surface area contributed by atoms with E-state index in [2.05, 4.69) is 9.71 Å². The quantitative estimate of drug-likeness (QED) is 0.907. The van der Waals surface area contributed by atoms with E-state index in [0.717, 1.165) is 12.6 Å². The summed E-state index contributed by atoms with van der Waals surface area (Å²) in [6.45, 7) is 0. The fourth-order valence-electron chi connectivity index (χ4n) is 3.15. The molecule has 1 fully saturated rings. The predicted molar refractivity (Wildman–Crippen MR) is 90.8 cm³/mol. The van der Waals surface area contributed by atoms with Crippen LogP contribution in [0, 0.1) is 17.2 Å². The van der Waals surface area contributed by atoms with E-state index in [1.54, 1.807) is 0 Å². The van der Waals surface area contributed by atoms with Crippen LogP contribution in [-0.4, -0.2) is 19.3 Å². The smallest absolute Gasteiger partial charge is 0.265 e. The van der Waals surface area contributed by atoms with Crippen molar-refractivity contribution in [2.45, 2.75) is 30.1 Å². The molecule has 0 spiro atoms. The predicted octanol–water partition coefficient (Wildman–Crippen LogP) is 2.34. The van der Waals surface area contributed by atoms with Crippen LogP contribution < -0.4 is 4.72 Å². The van der Waals surface area contributed by atoms with Gasteiger partial charge in [-0.1, -0.05) is 30.3 Å². The van der Waals surface area contributed by atoms with Gasteiger partial charge in [-0.15, -0.1) is 0 Å². The molecular formula is C18H17N3O3S. The van der Waals surface area contributed by atoms with Crippen LogP contribution in [0.15, 0.2) is 53.7 Å². The van der Waals surface area contributed by atoms with Gasteiger partial charge in [0, 0.05) is 18.3 Å². The molecule has 128 valence electrons. The highest BCUT2D eigenvalue weighted by molar-refractivity contribution is 7.90. The van der Waals surface area contributed by atoms with Crippen LogP contribution in [0.25, 0.3) is 0 Å². The van der Waals surface area contributed by atoms with Gasteiger partial charge in [0.2, 0.25) is 5.91 Å². The number of rotatable bonds is 4. The Bertz CT molecular complexity index is 920. The summed E-state index contributed by atoms with van der Waals surface area (Å²) in [5.74, 6) is -0.573. The Balaban J connectivity index is 1.69. The van der Waals surface area contributed by atoms with Crippen LogP contribution in [0.5, 0.6) is 0 Å². The Hall–Kier alpha value is -2.72. The highest BCUT2D eigenvalue weighted by Gasteiger charge is 2.33. The third-order valence-corrected chi connectivity index (χ3v) is 5.78. The summed E-state index contributed by atoms with van der Waals surface area (Å²) in [5.41, 5.74) is 1.30. The highest BCUT2D eigenvalue weighted by atomic mass is 32.2. The topological polar surface area (TPSA) is 99.9 Å². The molecule has 3 rings (SSSR count). The zero-order valence-electron chi connectivity index (χ0n) is 13.4. The molecule has 7 heteroatoms. The van der Waals surface area contributed by atoms with Gasteiger partial charge in [-0.3, -0.25) is 9.78 Å². The van der Waals surface area contributed by atoms with Crippen LogP contribution in [-0.2, 0) is 14.8 Å². The molecule has 1 heterocycles. The van der Waals surface area contributed by atoms with Gasteiger partial charge in [0.15, 0.2) is 0 Å². The Morgan fingerprint density at radius 3 is 2.68 bits per heavy atom. The van der Waals surface area contributed by atoms with Crippen molar-refractivity contribution in [2.24, 2.45) is 5.92 Å². The zero-order valence-corrected chi connectivity index (χ0v) is 14.2. The van der Waals surface area contributed by atoms with Crippen LogP contribution in [0.2, 0.25) is 0 Å². The molecule has 1 aromatic carbocycles. The summed E-state index contributed by atoms with van der Waals surface area (Å²) in [6.07, 6.45) is 4.52. The minimum Gasteiger partial charge on any atom is -0.274 e. The van der Waals surface area contributed by atoms with Crippen molar-refractivity contribution in [3.63, 3.8) is 0 Å². The number of aromatic nitrogens is 1. The molecule has 0 bridgehead atoms. The van der Waals surface area contributed by atoms with Crippen molar-refractivity contribution in [3.05, 3.63) is 59.9 Å². The number of nitriles is 1. The molecule has 1 amide bonds. The van der Waals surface area contributed by atoms with Crippen LogP contribution >= 0.6 is 0 Å². The molecule has 2 aromatic rings. The lowest BCUT2D eigenvalue weighted by Crippen LogP contribution is -2.35. The van der Waals surface area contributed by atoms with E-state index in [1.807, 2.05) is 36.4 Å². The number of hydrogen-bond donors (Lipinski definition) is 1. The first-order chi connectivity index (χ1) is 12.0. The summed E-state index contributed by atoms with van der Waals surface area (Å²) in [7, 11) is -4.02. The first-order valence-corrected chi connectivity index (χ1v) is 9.44. The van der Waals surface area contributed by atoms with Gasteiger partial charge in [0.25, 0.3) is 10.0 Å². The van der Waals surface area contributed by atoms with E-state index < -0.39 is 15.9 Å². The fraction of sp³-hybridized carbons (Fsp3) is 0.278. The van der Waals surface area contributed by atoms with Crippen LogP contribution in [0.4, 0.5) is 0 Å². The van der Waals surface area contributed by atoms with Gasteiger partial charge in [0.1, 0.15) is 11.0 Å². The summed E-state index contributed by atoms with van der Waals surface area (Å²) in [6, 6.07) is 13.0. The lowest BCUT2D eigenvalue weighted by molar-refractivity contribution is -0.123. The van der Waals surface area contributed by atoms with E-state index in [1.165, 1.54) is 17.8 Å². The first-order valence-electron chi connectivity index (χ1n) is 7.96. The molecule has 25 heavy (non-hydrogen) atoms. The maximum atomic E-state index is 12.4. The van der Waals surface area contributed by atoms with Crippen molar-refractivity contribution < 1.29 is 13.2 Å². The van der Waals surface area contributed by atoms with E-state index in [0.29, 0.717) is 12.8 Å². The maximum absolute atomic E-state index is 12.4. The SMILES string of the molecule is N#Cc1cncc(S(=O)(=O)NC(=O)[C@@H]2CC[C@@H](c3ccccc3)C2)c1. The number of sulfonamides is 1. The van der Waals surface area contributed by atoms with Crippen LogP contribution in [0.1, 0.15) is 36.3 Å². The van der Waals surface area contributed by atoms with Crippen molar-refractivity contribution in [2.75, 3.05) is 0 Å². The third kappa shape index (κ3) is 3.86. The summed E-state index contributed by atoms with van der Waals surface area (Å²) < 4.78 is 26.8. The first kappa shape index (κ1) is 17.1. The minimum atomic E-state index is -4.02. The Labute approximate surface area is 146 Å².